The summed E-state index contributed by atoms with van der Waals surface area (Å²) >= 11 is 0.697. The minimum absolute atomic E-state index is 0.113. The number of nitrogens with one attached hydrogen (secondary N) is 1. The molecule has 14 heteroatoms. The van der Waals surface area contributed by atoms with Crippen LogP contribution in [0.4, 0.5) is 35.9 Å². The lowest BCUT2D eigenvalue weighted by Gasteiger charge is -2.25. The van der Waals surface area contributed by atoms with Crippen molar-refractivity contribution in [3.05, 3.63) is 20.6 Å². The number of amides is 1. The Balaban J connectivity index is 2.25. The summed E-state index contributed by atoms with van der Waals surface area (Å²) < 4.78 is 89.3. The molecule has 0 unspecified atom stereocenters. The summed E-state index contributed by atoms with van der Waals surface area (Å²) in [6.07, 6.45) is -6.48. The van der Waals surface area contributed by atoms with Crippen LogP contribution < -0.4 is 5.32 Å². The molecule has 0 aliphatic rings. The molecule has 0 atom stereocenters. The molecular weight excluding hydrogens is 401 g/mol. The molecule has 0 bridgehead atoms. The zero-order chi connectivity index (χ0) is 19.2. The summed E-state index contributed by atoms with van der Waals surface area (Å²) in [5, 5.41) is 5.70. The van der Waals surface area contributed by atoms with Gasteiger partial charge in [-0.3, -0.25) is 10.1 Å². The Hall–Kier alpha value is -1.83. The van der Waals surface area contributed by atoms with E-state index in [0.29, 0.717) is 10.7 Å². The topological polar surface area (TPSA) is 67.8 Å². The number of carbonyl (C=O) groups is 1. The van der Waals surface area contributed by atoms with E-state index in [1.165, 1.54) is 6.92 Å². The van der Waals surface area contributed by atoms with Gasteiger partial charge in [0.05, 0.1) is 10.7 Å². The number of carbonyl (C=O) groups excluding carboxylic acids is 1. The molecule has 2 heterocycles. The van der Waals surface area contributed by atoms with E-state index in [2.05, 4.69) is 15.2 Å². The highest BCUT2D eigenvalue weighted by Crippen LogP contribution is 2.52. The summed E-state index contributed by atoms with van der Waals surface area (Å²) in [7, 11) is 0. The highest BCUT2D eigenvalue weighted by molar-refractivity contribution is 7.16. The van der Waals surface area contributed by atoms with E-state index < -0.39 is 34.1 Å². The number of hydrogen-bond donors (Lipinski definition) is 1. The van der Waals surface area contributed by atoms with Crippen LogP contribution in [0, 0.1) is 13.8 Å². The van der Waals surface area contributed by atoms with Gasteiger partial charge in [0.25, 0.3) is 5.91 Å². The summed E-state index contributed by atoms with van der Waals surface area (Å²) in [6.45, 7) is 3.11. The van der Waals surface area contributed by atoms with Crippen molar-refractivity contribution in [2.24, 2.45) is 0 Å². The zero-order valence-electron chi connectivity index (χ0n) is 12.2. The fourth-order valence-electron chi connectivity index (χ4n) is 1.61. The normalized spacial score (nSPS) is 13.2. The fraction of sp³-hybridized carbons (Fsp3) is 0.455. The van der Waals surface area contributed by atoms with Crippen molar-refractivity contribution in [2.75, 3.05) is 5.32 Å². The van der Waals surface area contributed by atoms with Gasteiger partial charge in [-0.15, -0.1) is 21.5 Å². The third-order valence-corrected chi connectivity index (χ3v) is 4.75. The van der Waals surface area contributed by atoms with E-state index in [1.54, 1.807) is 6.92 Å². The quantitative estimate of drug-likeness (QED) is 0.772. The van der Waals surface area contributed by atoms with Gasteiger partial charge in [0.15, 0.2) is 5.01 Å². The molecule has 25 heavy (non-hydrogen) atoms. The SMILES string of the molecule is Cc1nc(C)c(C(=O)Nc2nnc(C(F)(F)C(F)(F)C(F)(F)F)s2)s1. The van der Waals surface area contributed by atoms with Crippen molar-refractivity contribution in [1.29, 1.82) is 0 Å². The van der Waals surface area contributed by atoms with Crippen LogP contribution in [0.3, 0.4) is 0 Å². The van der Waals surface area contributed by atoms with Crippen molar-refractivity contribution in [3.63, 3.8) is 0 Å². The first-order chi connectivity index (χ1) is 11.3. The lowest BCUT2D eigenvalue weighted by molar-refractivity contribution is -0.359. The van der Waals surface area contributed by atoms with Crippen LogP contribution in [0.15, 0.2) is 0 Å². The van der Waals surface area contributed by atoms with Crippen molar-refractivity contribution in [3.8, 4) is 0 Å². The van der Waals surface area contributed by atoms with Crippen molar-refractivity contribution >= 4 is 33.7 Å². The first-order valence-electron chi connectivity index (χ1n) is 6.19. The molecule has 2 rings (SSSR count). The smallest absolute Gasteiger partial charge is 0.296 e. The van der Waals surface area contributed by atoms with Crippen LogP contribution in [0.1, 0.15) is 25.4 Å². The number of aryl methyl sites for hydroxylation is 2. The fourth-order valence-corrected chi connectivity index (χ4v) is 3.17. The van der Waals surface area contributed by atoms with Gasteiger partial charge in [0, 0.05) is 0 Å². The van der Waals surface area contributed by atoms with E-state index in [1.807, 2.05) is 5.32 Å². The third-order valence-electron chi connectivity index (χ3n) is 2.77. The summed E-state index contributed by atoms with van der Waals surface area (Å²) in [4.78, 5) is 16.0. The molecule has 2 aromatic heterocycles. The van der Waals surface area contributed by atoms with Gasteiger partial charge in [-0.2, -0.15) is 30.7 Å². The monoisotopic (exact) mass is 408 g/mol. The first-order valence-corrected chi connectivity index (χ1v) is 7.82. The third kappa shape index (κ3) is 3.44. The lowest BCUT2D eigenvalue weighted by atomic mass is 10.2. The highest BCUT2D eigenvalue weighted by atomic mass is 32.1. The number of thiazole rings is 1. The Morgan fingerprint density at radius 2 is 1.60 bits per heavy atom. The molecular formula is C11H7F7N4OS2. The maximum Gasteiger partial charge on any atom is 0.460 e. The standard InChI is InChI=1S/C11H7F7N4OS2/c1-3-5(24-4(2)19-3)6(23)20-8-22-21-7(25-8)9(12,13)10(14,15)11(16,17)18/h1-2H3,(H,20,22,23). The summed E-state index contributed by atoms with van der Waals surface area (Å²) in [5.41, 5.74) is 0.332. The van der Waals surface area contributed by atoms with Gasteiger partial charge in [-0.1, -0.05) is 11.3 Å². The largest absolute Gasteiger partial charge is 0.460 e. The van der Waals surface area contributed by atoms with Crippen molar-refractivity contribution in [2.45, 2.75) is 31.9 Å². The molecule has 0 fully saturated rings. The number of halogens is 7. The van der Waals surface area contributed by atoms with Gasteiger partial charge in [0.2, 0.25) is 5.13 Å². The van der Waals surface area contributed by atoms with E-state index in [9.17, 15) is 35.5 Å². The molecule has 0 saturated heterocycles. The van der Waals surface area contributed by atoms with E-state index in [4.69, 9.17) is 0 Å². The number of aromatic nitrogens is 3. The van der Waals surface area contributed by atoms with Gasteiger partial charge < -0.3 is 0 Å². The Kier molecular flexibility index (Phi) is 4.80. The molecule has 0 aliphatic carbocycles. The number of alkyl halides is 7. The van der Waals surface area contributed by atoms with E-state index in [-0.39, 0.29) is 16.2 Å². The molecule has 0 spiro atoms. The Morgan fingerprint density at radius 3 is 2.08 bits per heavy atom. The summed E-state index contributed by atoms with van der Waals surface area (Å²) in [5.74, 6) is -12.8. The number of nitrogens with zero attached hydrogens (tertiary/aromatic N) is 3. The molecule has 1 amide bonds. The molecule has 138 valence electrons. The predicted octanol–water partition coefficient (Wildman–Crippen LogP) is 4.15. The summed E-state index contributed by atoms with van der Waals surface area (Å²) in [6, 6.07) is 0. The first kappa shape index (κ1) is 19.5. The average Bonchev–Trinajstić information content (AvgIpc) is 3.04. The van der Waals surface area contributed by atoms with Crippen LogP contribution in [0.2, 0.25) is 0 Å². The van der Waals surface area contributed by atoms with Gasteiger partial charge in [0.1, 0.15) is 4.88 Å². The van der Waals surface area contributed by atoms with Crippen LogP contribution in [0.25, 0.3) is 0 Å². The van der Waals surface area contributed by atoms with Gasteiger partial charge in [-0.25, -0.2) is 4.98 Å². The number of rotatable bonds is 4. The minimum atomic E-state index is -6.48. The van der Waals surface area contributed by atoms with Crippen LogP contribution in [-0.2, 0) is 5.92 Å². The van der Waals surface area contributed by atoms with Crippen LogP contribution >= 0.6 is 22.7 Å². The molecule has 0 aliphatic heterocycles. The Morgan fingerprint density at radius 1 is 1.00 bits per heavy atom. The highest BCUT2D eigenvalue weighted by Gasteiger charge is 2.75. The second kappa shape index (κ2) is 6.16. The van der Waals surface area contributed by atoms with Crippen molar-refractivity contribution in [1.82, 2.24) is 15.2 Å². The molecule has 1 N–H and O–H groups in total. The molecule has 0 aromatic carbocycles. The molecule has 5 nitrogen and oxygen atoms in total. The maximum atomic E-state index is 13.5. The molecule has 0 saturated carbocycles. The average molecular weight is 408 g/mol. The van der Waals surface area contributed by atoms with E-state index >= 15 is 0 Å². The second-order valence-corrected chi connectivity index (χ2v) is 6.84. The predicted molar refractivity (Wildman–Crippen MR) is 74.3 cm³/mol. The van der Waals surface area contributed by atoms with Crippen LogP contribution in [0.5, 0.6) is 0 Å². The minimum Gasteiger partial charge on any atom is -0.296 e. The van der Waals surface area contributed by atoms with Gasteiger partial charge in [-0.05, 0) is 13.8 Å². The molecule has 2 aromatic rings. The number of hydrogen-bond acceptors (Lipinski definition) is 6. The lowest BCUT2D eigenvalue weighted by Crippen LogP contribution is -2.50. The van der Waals surface area contributed by atoms with E-state index in [0.717, 1.165) is 11.3 Å². The number of anilines is 1. The second-order valence-electron chi connectivity index (χ2n) is 4.66. The maximum absolute atomic E-state index is 13.5. The Labute approximate surface area is 142 Å². The van der Waals surface area contributed by atoms with Crippen LogP contribution in [-0.4, -0.2) is 33.2 Å². The van der Waals surface area contributed by atoms with Crippen molar-refractivity contribution < 1.29 is 35.5 Å². The Bertz CT molecular complexity index is 799. The zero-order valence-corrected chi connectivity index (χ0v) is 13.8. The van der Waals surface area contributed by atoms with Gasteiger partial charge >= 0.3 is 18.0 Å². The molecule has 0 radical (unpaired) electrons.